The maximum atomic E-state index is 13.1. The van der Waals surface area contributed by atoms with Crippen LogP contribution >= 0.6 is 11.3 Å². The number of carbonyl (C=O) groups excluding carboxylic acids is 1. The molecule has 2 heterocycles. The summed E-state index contributed by atoms with van der Waals surface area (Å²) in [6.07, 6.45) is -4.36. The molecule has 176 valence electrons. The first kappa shape index (κ1) is 23.5. The summed E-state index contributed by atoms with van der Waals surface area (Å²) in [4.78, 5) is 20.5. The second-order valence-corrected chi connectivity index (χ2v) is 9.71. The highest BCUT2D eigenvalue weighted by Gasteiger charge is 2.33. The summed E-state index contributed by atoms with van der Waals surface area (Å²) in [5.41, 5.74) is 2.03. The zero-order valence-corrected chi connectivity index (χ0v) is 19.8. The van der Waals surface area contributed by atoms with Crippen molar-refractivity contribution in [3.05, 3.63) is 53.1 Å². The smallest absolute Gasteiger partial charge is 0.416 e. The average Bonchev–Trinajstić information content (AvgIpc) is 3.12. The van der Waals surface area contributed by atoms with E-state index in [1.807, 2.05) is 19.1 Å². The Morgan fingerprint density at radius 1 is 1.15 bits per heavy atom. The molecule has 1 aromatic heterocycles. The van der Waals surface area contributed by atoms with Gasteiger partial charge in [0.25, 0.3) is 0 Å². The maximum Gasteiger partial charge on any atom is 0.416 e. The summed E-state index contributed by atoms with van der Waals surface area (Å²) in [5, 5.41) is 0.746. The van der Waals surface area contributed by atoms with E-state index in [-0.39, 0.29) is 18.1 Å². The Balaban J connectivity index is 1.50. The summed E-state index contributed by atoms with van der Waals surface area (Å²) in [5.74, 6) is 0.198. The first-order chi connectivity index (χ1) is 15.5. The van der Waals surface area contributed by atoms with E-state index in [2.05, 4.69) is 34.7 Å². The molecular formula is C24H26F3N3O2S. The molecule has 2 unspecified atom stereocenters. The van der Waals surface area contributed by atoms with Crippen LogP contribution in [0.25, 0.3) is 10.2 Å². The normalized spacial score (nSPS) is 19.8. The van der Waals surface area contributed by atoms with Crippen molar-refractivity contribution in [2.75, 3.05) is 18.0 Å². The molecule has 0 saturated carbocycles. The number of hydrogen-bond donors (Lipinski definition) is 0. The fraction of sp³-hybridized carbons (Fsp3) is 0.417. The SMILES string of the molecule is CC(=O)Oc1cc(C)cc(CN2C(C)CN(c3nc4ccc(C(F)(F)F)cc4s3)CC2C)c1. The van der Waals surface area contributed by atoms with Gasteiger partial charge in [0.1, 0.15) is 5.75 Å². The number of ether oxygens (including phenoxy) is 1. The van der Waals surface area contributed by atoms with E-state index in [4.69, 9.17) is 4.74 Å². The quantitative estimate of drug-likeness (QED) is 0.359. The summed E-state index contributed by atoms with van der Waals surface area (Å²) in [6, 6.07) is 9.93. The second kappa shape index (κ2) is 8.95. The van der Waals surface area contributed by atoms with Crippen LogP contribution in [0.4, 0.5) is 18.3 Å². The molecule has 2 atom stereocenters. The topological polar surface area (TPSA) is 45.7 Å². The lowest BCUT2D eigenvalue weighted by Gasteiger charge is -2.44. The van der Waals surface area contributed by atoms with Crippen molar-refractivity contribution in [1.29, 1.82) is 0 Å². The number of rotatable bonds is 4. The van der Waals surface area contributed by atoms with E-state index in [9.17, 15) is 18.0 Å². The van der Waals surface area contributed by atoms with E-state index in [1.165, 1.54) is 30.4 Å². The number of hydrogen-bond acceptors (Lipinski definition) is 6. The number of thiazole rings is 1. The highest BCUT2D eigenvalue weighted by molar-refractivity contribution is 7.22. The van der Waals surface area contributed by atoms with Crippen LogP contribution in [0.1, 0.15) is 37.5 Å². The van der Waals surface area contributed by atoms with Crippen LogP contribution in [-0.2, 0) is 17.5 Å². The van der Waals surface area contributed by atoms with Gasteiger partial charge < -0.3 is 9.64 Å². The third kappa shape index (κ3) is 5.30. The van der Waals surface area contributed by atoms with Crippen molar-refractivity contribution in [2.45, 2.75) is 52.5 Å². The van der Waals surface area contributed by atoms with Crippen molar-refractivity contribution < 1.29 is 22.7 Å². The number of esters is 1. The van der Waals surface area contributed by atoms with Gasteiger partial charge in [0, 0.05) is 38.6 Å². The molecule has 0 spiro atoms. The lowest BCUT2D eigenvalue weighted by molar-refractivity contribution is -0.137. The number of aryl methyl sites for hydroxylation is 1. The van der Waals surface area contributed by atoms with E-state index in [0.717, 1.165) is 35.4 Å². The van der Waals surface area contributed by atoms with Crippen molar-refractivity contribution in [3.63, 3.8) is 0 Å². The molecule has 9 heteroatoms. The Kier molecular flexibility index (Phi) is 6.37. The Bertz CT molecular complexity index is 1170. The zero-order chi connectivity index (χ0) is 23.9. The van der Waals surface area contributed by atoms with Gasteiger partial charge >= 0.3 is 12.1 Å². The molecule has 1 saturated heterocycles. The van der Waals surface area contributed by atoms with Gasteiger partial charge in [-0.2, -0.15) is 13.2 Å². The van der Waals surface area contributed by atoms with Crippen LogP contribution in [0, 0.1) is 6.92 Å². The minimum atomic E-state index is -4.36. The van der Waals surface area contributed by atoms with Crippen molar-refractivity contribution >= 4 is 32.7 Å². The predicted molar refractivity (Wildman–Crippen MR) is 124 cm³/mol. The number of carbonyl (C=O) groups is 1. The first-order valence-corrected chi connectivity index (χ1v) is 11.6. The van der Waals surface area contributed by atoms with Crippen molar-refractivity contribution in [2.24, 2.45) is 0 Å². The molecule has 3 aromatic rings. The van der Waals surface area contributed by atoms with Gasteiger partial charge in [-0.1, -0.05) is 17.4 Å². The van der Waals surface area contributed by atoms with Gasteiger partial charge in [0.15, 0.2) is 5.13 Å². The molecule has 1 fully saturated rings. The minimum Gasteiger partial charge on any atom is -0.427 e. The molecule has 0 N–H and O–H groups in total. The monoisotopic (exact) mass is 477 g/mol. The summed E-state index contributed by atoms with van der Waals surface area (Å²) < 4.78 is 45.0. The maximum absolute atomic E-state index is 13.1. The molecule has 0 bridgehead atoms. The Morgan fingerprint density at radius 2 is 1.85 bits per heavy atom. The molecule has 1 aliphatic heterocycles. The third-order valence-corrected chi connectivity index (χ3v) is 6.89. The summed E-state index contributed by atoms with van der Waals surface area (Å²) in [7, 11) is 0. The lowest BCUT2D eigenvalue weighted by Crippen LogP contribution is -2.56. The fourth-order valence-corrected chi connectivity index (χ4v) is 5.42. The first-order valence-electron chi connectivity index (χ1n) is 10.8. The summed E-state index contributed by atoms with van der Waals surface area (Å²) in [6.45, 7) is 9.79. The third-order valence-electron chi connectivity index (χ3n) is 5.81. The number of anilines is 1. The van der Waals surface area contributed by atoms with Gasteiger partial charge in [0.2, 0.25) is 0 Å². The molecule has 1 aliphatic rings. The molecule has 0 radical (unpaired) electrons. The number of halogens is 3. The highest BCUT2D eigenvalue weighted by atomic mass is 32.1. The van der Waals surface area contributed by atoms with Gasteiger partial charge in [-0.15, -0.1) is 0 Å². The molecule has 33 heavy (non-hydrogen) atoms. The van der Waals surface area contributed by atoms with Gasteiger partial charge in [0.05, 0.1) is 15.8 Å². The number of alkyl halides is 3. The van der Waals surface area contributed by atoms with E-state index in [1.54, 1.807) is 0 Å². The number of benzene rings is 2. The van der Waals surface area contributed by atoms with E-state index in [0.29, 0.717) is 22.5 Å². The molecule has 5 nitrogen and oxygen atoms in total. The van der Waals surface area contributed by atoms with Gasteiger partial charge in [-0.25, -0.2) is 4.98 Å². The molecule has 2 aromatic carbocycles. The summed E-state index contributed by atoms with van der Waals surface area (Å²) >= 11 is 1.30. The molecule has 4 rings (SSSR count). The predicted octanol–water partition coefficient (Wildman–Crippen LogP) is 5.65. The standard InChI is InChI=1S/C24H26F3N3O2S/c1-14-7-18(9-20(8-14)32-17(4)31)13-30-15(2)11-29(12-16(30)3)23-28-21-6-5-19(24(25,26)27)10-22(21)33-23/h5-10,15-16H,11-13H2,1-4H3. The zero-order valence-electron chi connectivity index (χ0n) is 18.9. The van der Waals surface area contributed by atoms with Gasteiger partial charge in [-0.3, -0.25) is 9.69 Å². The molecule has 0 aliphatic carbocycles. The van der Waals surface area contributed by atoms with Crippen molar-refractivity contribution in [3.8, 4) is 5.75 Å². The largest absolute Gasteiger partial charge is 0.427 e. The van der Waals surface area contributed by atoms with Crippen molar-refractivity contribution in [1.82, 2.24) is 9.88 Å². The van der Waals surface area contributed by atoms with Gasteiger partial charge in [-0.05, 0) is 62.2 Å². The average molecular weight is 478 g/mol. The minimum absolute atomic E-state index is 0.198. The van der Waals surface area contributed by atoms with Crippen LogP contribution < -0.4 is 9.64 Å². The molecule has 0 amide bonds. The number of piperazine rings is 1. The van der Waals surface area contributed by atoms with Crippen LogP contribution in [-0.4, -0.2) is 41.0 Å². The fourth-order valence-electron chi connectivity index (χ4n) is 4.40. The lowest BCUT2D eigenvalue weighted by atomic mass is 10.0. The molecular weight excluding hydrogens is 451 g/mol. The van der Waals surface area contributed by atoms with E-state index >= 15 is 0 Å². The van der Waals surface area contributed by atoms with E-state index < -0.39 is 11.7 Å². The van der Waals surface area contributed by atoms with Crippen LogP contribution in [0.15, 0.2) is 36.4 Å². The Morgan fingerprint density at radius 3 is 2.48 bits per heavy atom. The number of aromatic nitrogens is 1. The van der Waals surface area contributed by atoms with Crippen LogP contribution in [0.2, 0.25) is 0 Å². The Hall–Kier alpha value is -2.65. The number of nitrogens with zero attached hydrogens (tertiary/aromatic N) is 3. The highest BCUT2D eigenvalue weighted by Crippen LogP contribution is 2.36. The van der Waals surface area contributed by atoms with Crippen LogP contribution in [0.5, 0.6) is 5.75 Å². The number of fused-ring (bicyclic) bond motifs is 1. The van der Waals surface area contributed by atoms with Crippen LogP contribution in [0.3, 0.4) is 0 Å². The second-order valence-electron chi connectivity index (χ2n) is 8.70. The Labute approximate surface area is 194 Å².